The molecule has 0 aromatic heterocycles. The van der Waals surface area contributed by atoms with Crippen molar-refractivity contribution in [3.05, 3.63) is 68.7 Å². The van der Waals surface area contributed by atoms with Crippen molar-refractivity contribution in [2.45, 2.75) is 18.3 Å². The second-order valence-corrected chi connectivity index (χ2v) is 6.05. The van der Waals surface area contributed by atoms with Crippen LogP contribution in [0.5, 0.6) is 0 Å². The Bertz CT molecular complexity index is 742. The summed E-state index contributed by atoms with van der Waals surface area (Å²) in [5.74, 6) is -0.750. The molecule has 0 N–H and O–H groups in total. The first-order valence-corrected chi connectivity index (χ1v) is 7.67. The first-order chi connectivity index (χ1) is 10.6. The van der Waals surface area contributed by atoms with Crippen molar-refractivity contribution in [1.29, 1.82) is 10.5 Å². The van der Waals surface area contributed by atoms with Crippen molar-refractivity contribution in [2.75, 3.05) is 0 Å². The van der Waals surface area contributed by atoms with E-state index in [4.69, 9.17) is 40.1 Å². The van der Waals surface area contributed by atoms with Gasteiger partial charge in [0.1, 0.15) is 0 Å². The highest BCUT2D eigenvalue weighted by Crippen LogP contribution is 2.37. The molecule has 2 aromatic carbocycles. The zero-order valence-electron chi connectivity index (χ0n) is 11.4. The van der Waals surface area contributed by atoms with Gasteiger partial charge in [-0.15, -0.1) is 0 Å². The molecule has 0 aliphatic carbocycles. The Morgan fingerprint density at radius 1 is 0.864 bits per heavy atom. The van der Waals surface area contributed by atoms with E-state index in [2.05, 4.69) is 12.1 Å². The summed E-state index contributed by atoms with van der Waals surface area (Å²) in [4.78, 5) is 0. The lowest BCUT2D eigenvalue weighted by atomic mass is 9.80. The Kier molecular flexibility index (Phi) is 5.69. The van der Waals surface area contributed by atoms with Gasteiger partial charge >= 0.3 is 0 Å². The van der Waals surface area contributed by atoms with Crippen LogP contribution in [0.1, 0.15) is 29.4 Å². The van der Waals surface area contributed by atoms with Crippen LogP contribution >= 0.6 is 34.8 Å². The van der Waals surface area contributed by atoms with Crippen LogP contribution in [0.25, 0.3) is 0 Å². The van der Waals surface area contributed by atoms with E-state index in [1.54, 1.807) is 30.3 Å². The molecule has 22 heavy (non-hydrogen) atoms. The monoisotopic (exact) mass is 348 g/mol. The van der Waals surface area contributed by atoms with E-state index >= 15 is 0 Å². The van der Waals surface area contributed by atoms with Crippen LogP contribution in [-0.4, -0.2) is 0 Å². The Morgan fingerprint density at radius 3 is 2.05 bits per heavy atom. The van der Waals surface area contributed by atoms with Crippen LogP contribution < -0.4 is 0 Å². The molecule has 0 unspecified atom stereocenters. The van der Waals surface area contributed by atoms with Crippen molar-refractivity contribution in [1.82, 2.24) is 0 Å². The van der Waals surface area contributed by atoms with Crippen molar-refractivity contribution in [3.8, 4) is 12.1 Å². The van der Waals surface area contributed by atoms with Gasteiger partial charge in [0.2, 0.25) is 0 Å². The molecule has 2 nitrogen and oxygen atoms in total. The maximum absolute atomic E-state index is 9.59. The van der Waals surface area contributed by atoms with E-state index in [0.29, 0.717) is 15.1 Å². The Balaban J connectivity index is 2.44. The Labute approximate surface area is 144 Å². The minimum Gasteiger partial charge on any atom is -0.198 e. The molecule has 0 aliphatic heterocycles. The van der Waals surface area contributed by atoms with Gasteiger partial charge in [0, 0.05) is 17.4 Å². The summed E-state index contributed by atoms with van der Waals surface area (Å²) >= 11 is 17.9. The first kappa shape index (κ1) is 16.7. The highest BCUT2D eigenvalue weighted by Gasteiger charge is 2.25. The minimum absolute atomic E-state index is 0.222. The van der Waals surface area contributed by atoms with E-state index in [1.807, 2.05) is 12.1 Å². The lowest BCUT2D eigenvalue weighted by Crippen LogP contribution is -2.10. The van der Waals surface area contributed by atoms with E-state index in [0.717, 1.165) is 11.1 Å². The standard InChI is InChI=1S/C17H11Cl3N2/c18-13-4-1-11(2-5-13)14(7-8-21)15(10-22)12-3-6-16(19)17(20)9-12/h1-6,9,14-15H,7H2/t14-,15-/m0/s1. The molecule has 110 valence electrons. The average Bonchev–Trinajstić information content (AvgIpc) is 2.51. The molecule has 0 amide bonds. The number of hydrogen-bond acceptors (Lipinski definition) is 2. The van der Waals surface area contributed by atoms with Crippen molar-refractivity contribution in [3.63, 3.8) is 0 Å². The fraction of sp³-hybridized carbons (Fsp3) is 0.176. The van der Waals surface area contributed by atoms with Gasteiger partial charge in [-0.3, -0.25) is 0 Å². The number of benzene rings is 2. The largest absolute Gasteiger partial charge is 0.198 e. The van der Waals surface area contributed by atoms with Crippen LogP contribution in [0.4, 0.5) is 0 Å². The number of nitriles is 2. The molecule has 0 radical (unpaired) electrons. The number of rotatable bonds is 4. The molecule has 0 saturated carbocycles. The highest BCUT2D eigenvalue weighted by molar-refractivity contribution is 6.42. The Hall–Kier alpha value is -1.71. The van der Waals surface area contributed by atoms with Gasteiger partial charge in [-0.25, -0.2) is 0 Å². The van der Waals surface area contributed by atoms with Crippen LogP contribution in [-0.2, 0) is 0 Å². The lowest BCUT2D eigenvalue weighted by molar-refractivity contribution is 0.641. The zero-order valence-corrected chi connectivity index (χ0v) is 13.7. The molecule has 0 spiro atoms. The van der Waals surface area contributed by atoms with E-state index in [9.17, 15) is 5.26 Å². The van der Waals surface area contributed by atoms with Gasteiger partial charge in [0.25, 0.3) is 0 Å². The summed E-state index contributed by atoms with van der Waals surface area (Å²) in [5, 5.41) is 20.1. The SMILES string of the molecule is N#CC[C@@H](c1ccc(Cl)cc1)[C@@H](C#N)c1ccc(Cl)c(Cl)c1. The molecule has 0 fully saturated rings. The fourth-order valence-electron chi connectivity index (χ4n) is 2.34. The molecule has 0 aliphatic rings. The summed E-state index contributed by atoms with van der Waals surface area (Å²) in [6.45, 7) is 0. The third-order valence-electron chi connectivity index (χ3n) is 3.45. The predicted molar refractivity (Wildman–Crippen MR) is 89.2 cm³/mol. The van der Waals surface area contributed by atoms with Crippen LogP contribution in [0.15, 0.2) is 42.5 Å². The van der Waals surface area contributed by atoms with E-state index in [1.165, 1.54) is 0 Å². The lowest BCUT2D eigenvalue weighted by Gasteiger charge is -2.21. The van der Waals surface area contributed by atoms with E-state index in [-0.39, 0.29) is 12.3 Å². The molecule has 2 rings (SSSR count). The second-order valence-electron chi connectivity index (χ2n) is 4.80. The third kappa shape index (κ3) is 3.73. The molecular weight excluding hydrogens is 339 g/mol. The molecule has 2 atom stereocenters. The molecule has 5 heteroatoms. The number of nitrogens with zero attached hydrogens (tertiary/aromatic N) is 2. The van der Waals surface area contributed by atoms with E-state index < -0.39 is 5.92 Å². The first-order valence-electron chi connectivity index (χ1n) is 6.53. The van der Waals surface area contributed by atoms with Crippen LogP contribution in [0.3, 0.4) is 0 Å². The number of hydrogen-bond donors (Lipinski definition) is 0. The molecule has 2 aromatic rings. The van der Waals surface area contributed by atoms with Crippen molar-refractivity contribution >= 4 is 34.8 Å². The minimum atomic E-state index is -0.490. The predicted octanol–water partition coefficient (Wildman–Crippen LogP) is 5.95. The van der Waals surface area contributed by atoms with Crippen molar-refractivity contribution < 1.29 is 0 Å². The zero-order chi connectivity index (χ0) is 16.1. The fourth-order valence-corrected chi connectivity index (χ4v) is 2.77. The summed E-state index contributed by atoms with van der Waals surface area (Å²) in [6.07, 6.45) is 0.222. The Morgan fingerprint density at radius 2 is 1.50 bits per heavy atom. The van der Waals surface area contributed by atoms with Crippen molar-refractivity contribution in [2.24, 2.45) is 0 Å². The van der Waals surface area contributed by atoms with Gasteiger partial charge in [0.05, 0.1) is 28.1 Å². The quantitative estimate of drug-likeness (QED) is 0.684. The topological polar surface area (TPSA) is 47.6 Å². The van der Waals surface area contributed by atoms with Crippen LogP contribution in [0.2, 0.25) is 15.1 Å². The summed E-state index contributed by atoms with van der Waals surface area (Å²) in [5.41, 5.74) is 1.63. The van der Waals surface area contributed by atoms with Gasteiger partial charge in [0.15, 0.2) is 0 Å². The van der Waals surface area contributed by atoms with Gasteiger partial charge in [-0.2, -0.15) is 10.5 Å². The van der Waals surface area contributed by atoms with Crippen LogP contribution in [0, 0.1) is 22.7 Å². The molecule has 0 heterocycles. The number of halogens is 3. The van der Waals surface area contributed by atoms with Gasteiger partial charge in [-0.1, -0.05) is 53.0 Å². The highest BCUT2D eigenvalue weighted by atomic mass is 35.5. The maximum atomic E-state index is 9.59. The third-order valence-corrected chi connectivity index (χ3v) is 4.44. The van der Waals surface area contributed by atoms with Gasteiger partial charge in [-0.05, 0) is 35.4 Å². The smallest absolute Gasteiger partial charge is 0.0791 e. The molecular formula is C17H11Cl3N2. The van der Waals surface area contributed by atoms with Gasteiger partial charge < -0.3 is 0 Å². The second kappa shape index (κ2) is 7.52. The maximum Gasteiger partial charge on any atom is 0.0791 e. The summed E-state index contributed by atoms with van der Waals surface area (Å²) in [7, 11) is 0. The summed E-state index contributed by atoms with van der Waals surface area (Å²) in [6, 6.07) is 16.7. The average molecular weight is 350 g/mol. The summed E-state index contributed by atoms with van der Waals surface area (Å²) < 4.78 is 0. The molecule has 0 saturated heterocycles. The molecule has 0 bridgehead atoms. The normalized spacial score (nSPS) is 13.0.